The minimum absolute atomic E-state index is 0.0662. The summed E-state index contributed by atoms with van der Waals surface area (Å²) in [6, 6.07) is 14.9. The second-order valence-electron chi connectivity index (χ2n) is 11.5. The van der Waals surface area contributed by atoms with Gasteiger partial charge >= 0.3 is 0 Å². The lowest BCUT2D eigenvalue weighted by molar-refractivity contribution is -0.117. The number of carbonyl (C=O) groups is 1. The average Bonchev–Trinajstić information content (AvgIpc) is 3.48. The molecule has 40 heavy (non-hydrogen) atoms. The van der Waals surface area contributed by atoms with Crippen LogP contribution in [-0.2, 0) is 4.79 Å². The molecule has 2 fully saturated rings. The zero-order valence-corrected chi connectivity index (χ0v) is 23.8. The number of carbonyl (C=O) groups excluding carboxylic acids is 1. The maximum Gasteiger partial charge on any atom is 0.238 e. The van der Waals surface area contributed by atoms with E-state index in [2.05, 4.69) is 85.9 Å². The van der Waals surface area contributed by atoms with Crippen LogP contribution in [0.1, 0.15) is 24.8 Å². The summed E-state index contributed by atoms with van der Waals surface area (Å²) < 4.78 is 0. The van der Waals surface area contributed by atoms with Gasteiger partial charge in [-0.2, -0.15) is 0 Å². The molecule has 4 heterocycles. The highest BCUT2D eigenvalue weighted by atomic mass is 16.2. The molecule has 4 aliphatic heterocycles. The van der Waals surface area contributed by atoms with Crippen LogP contribution < -0.4 is 25.8 Å². The molecule has 2 aromatic carbocycles. The van der Waals surface area contributed by atoms with Gasteiger partial charge in [0.1, 0.15) is 0 Å². The van der Waals surface area contributed by atoms with Crippen molar-refractivity contribution in [2.75, 3.05) is 86.4 Å². The quantitative estimate of drug-likeness (QED) is 0.496. The number of aryl methyl sites for hydroxylation is 1. The minimum Gasteiger partial charge on any atom is -0.369 e. The largest absolute Gasteiger partial charge is 0.369 e. The van der Waals surface area contributed by atoms with E-state index in [4.69, 9.17) is 4.99 Å². The molecule has 212 valence electrons. The number of anilines is 4. The fourth-order valence-electron chi connectivity index (χ4n) is 6.08. The van der Waals surface area contributed by atoms with E-state index in [9.17, 15) is 4.79 Å². The Morgan fingerprint density at radius 2 is 1.70 bits per heavy atom. The Morgan fingerprint density at radius 1 is 0.950 bits per heavy atom. The molecule has 9 nitrogen and oxygen atoms in total. The lowest BCUT2D eigenvalue weighted by Crippen LogP contribution is -2.44. The smallest absolute Gasteiger partial charge is 0.238 e. The lowest BCUT2D eigenvalue weighted by atomic mass is 10.0. The summed E-state index contributed by atoms with van der Waals surface area (Å²) in [4.78, 5) is 26.8. The molecule has 1 atom stereocenters. The number of piperazine rings is 1. The summed E-state index contributed by atoms with van der Waals surface area (Å²) in [7, 11) is 2.18. The number of nitrogens with one attached hydrogen (secondary N) is 3. The highest BCUT2D eigenvalue weighted by Gasteiger charge is 2.25. The number of likely N-dealkylation sites (tertiary alicyclic amines) is 1. The Hall–Kier alpha value is -3.56. The van der Waals surface area contributed by atoms with Crippen LogP contribution >= 0.6 is 0 Å². The van der Waals surface area contributed by atoms with E-state index in [0.717, 1.165) is 70.2 Å². The molecule has 0 bridgehead atoms. The van der Waals surface area contributed by atoms with Gasteiger partial charge in [0.2, 0.25) is 5.91 Å². The number of rotatable bonds is 7. The van der Waals surface area contributed by atoms with Crippen molar-refractivity contribution in [1.82, 2.24) is 15.1 Å². The molecule has 0 radical (unpaired) electrons. The Kier molecular flexibility index (Phi) is 7.93. The van der Waals surface area contributed by atoms with Gasteiger partial charge in [-0.3, -0.25) is 9.69 Å². The van der Waals surface area contributed by atoms with Gasteiger partial charge in [0.15, 0.2) is 6.29 Å². The maximum atomic E-state index is 12.6. The summed E-state index contributed by atoms with van der Waals surface area (Å²) in [6.07, 6.45) is 5.15. The molecule has 4 aliphatic rings. The van der Waals surface area contributed by atoms with Crippen LogP contribution in [0.4, 0.5) is 22.7 Å². The van der Waals surface area contributed by atoms with Gasteiger partial charge in [-0.05, 0) is 81.9 Å². The van der Waals surface area contributed by atoms with E-state index < -0.39 is 0 Å². The summed E-state index contributed by atoms with van der Waals surface area (Å²) in [6.45, 7) is 10.7. The number of hydrogen-bond acceptors (Lipinski definition) is 8. The molecule has 1 unspecified atom stereocenters. The molecule has 1 amide bonds. The van der Waals surface area contributed by atoms with Gasteiger partial charge in [-0.25, -0.2) is 4.99 Å². The first-order valence-corrected chi connectivity index (χ1v) is 14.7. The summed E-state index contributed by atoms with van der Waals surface area (Å²) in [5.41, 5.74) is 8.06. The van der Waals surface area contributed by atoms with Crippen LogP contribution in [0.25, 0.3) is 0 Å². The lowest BCUT2D eigenvalue weighted by Gasteiger charge is -2.36. The first-order valence-electron chi connectivity index (χ1n) is 14.7. The second kappa shape index (κ2) is 11.9. The Labute approximate surface area is 237 Å². The van der Waals surface area contributed by atoms with Crippen molar-refractivity contribution in [1.29, 1.82) is 0 Å². The Morgan fingerprint density at radius 3 is 2.48 bits per heavy atom. The normalized spacial score (nSPS) is 21.8. The van der Waals surface area contributed by atoms with Gasteiger partial charge in [0.05, 0.1) is 6.54 Å². The Bertz CT molecular complexity index is 1260. The van der Waals surface area contributed by atoms with Crippen LogP contribution in [0.2, 0.25) is 0 Å². The number of nitrogens with zero attached hydrogens (tertiary/aromatic N) is 5. The van der Waals surface area contributed by atoms with Crippen LogP contribution in [0.15, 0.2) is 58.7 Å². The molecule has 6 rings (SSSR count). The van der Waals surface area contributed by atoms with Crippen molar-refractivity contribution in [2.24, 2.45) is 4.99 Å². The van der Waals surface area contributed by atoms with Crippen LogP contribution in [-0.4, -0.2) is 94.2 Å². The van der Waals surface area contributed by atoms with Gasteiger partial charge in [-0.15, -0.1) is 0 Å². The van der Waals surface area contributed by atoms with E-state index in [1.165, 1.54) is 41.1 Å². The van der Waals surface area contributed by atoms with E-state index in [1.807, 2.05) is 12.3 Å². The predicted octanol–water partition coefficient (Wildman–Crippen LogP) is 3.32. The summed E-state index contributed by atoms with van der Waals surface area (Å²) >= 11 is 0. The predicted molar refractivity (Wildman–Crippen MR) is 165 cm³/mol. The molecule has 0 aromatic heterocycles. The molecular formula is C31H42N8O. The first-order chi connectivity index (χ1) is 19.5. The van der Waals surface area contributed by atoms with E-state index in [-0.39, 0.29) is 12.2 Å². The summed E-state index contributed by atoms with van der Waals surface area (Å²) in [5.74, 6) is 0.0662. The molecular weight excluding hydrogens is 500 g/mol. The van der Waals surface area contributed by atoms with Crippen LogP contribution in [0.5, 0.6) is 0 Å². The highest BCUT2D eigenvalue weighted by molar-refractivity contribution is 5.93. The minimum atomic E-state index is -0.171. The number of amides is 1. The van der Waals surface area contributed by atoms with Crippen molar-refractivity contribution in [3.63, 3.8) is 0 Å². The topological polar surface area (TPSA) is 78.5 Å². The Balaban J connectivity index is 1.04. The van der Waals surface area contributed by atoms with E-state index >= 15 is 0 Å². The SMILES string of the molecule is Cc1ccc(NC(=O)CN2CCCC2)cc1N1CCC2=C(C=NC(Nc3ccc(N4CCN(C)CC4)cc3)N2)C1. The average molecular weight is 543 g/mol. The van der Waals surface area contributed by atoms with Crippen molar-refractivity contribution in [3.8, 4) is 0 Å². The number of hydrogen-bond donors (Lipinski definition) is 3. The second-order valence-corrected chi connectivity index (χ2v) is 11.5. The molecule has 3 N–H and O–H groups in total. The van der Waals surface area contributed by atoms with Crippen molar-refractivity contribution in [2.45, 2.75) is 32.5 Å². The fourth-order valence-corrected chi connectivity index (χ4v) is 6.08. The number of aliphatic imine (C=N–C) groups is 1. The van der Waals surface area contributed by atoms with Gasteiger partial charge < -0.3 is 30.7 Å². The highest BCUT2D eigenvalue weighted by Crippen LogP contribution is 2.29. The van der Waals surface area contributed by atoms with E-state index in [1.54, 1.807) is 0 Å². The van der Waals surface area contributed by atoms with Crippen molar-refractivity contribution in [3.05, 3.63) is 59.3 Å². The molecule has 0 spiro atoms. The molecule has 9 heteroatoms. The van der Waals surface area contributed by atoms with Crippen molar-refractivity contribution >= 4 is 34.9 Å². The van der Waals surface area contributed by atoms with Crippen LogP contribution in [0, 0.1) is 6.92 Å². The third-order valence-electron chi connectivity index (χ3n) is 8.51. The monoisotopic (exact) mass is 542 g/mol. The first kappa shape index (κ1) is 26.7. The summed E-state index contributed by atoms with van der Waals surface area (Å²) in [5, 5.41) is 10.3. The maximum absolute atomic E-state index is 12.6. The van der Waals surface area contributed by atoms with Gasteiger partial charge in [0, 0.05) is 85.9 Å². The molecule has 0 saturated carbocycles. The van der Waals surface area contributed by atoms with Crippen molar-refractivity contribution < 1.29 is 4.79 Å². The van der Waals surface area contributed by atoms with Gasteiger partial charge in [0.25, 0.3) is 0 Å². The van der Waals surface area contributed by atoms with Gasteiger partial charge in [-0.1, -0.05) is 6.07 Å². The number of benzene rings is 2. The van der Waals surface area contributed by atoms with E-state index in [0.29, 0.717) is 6.54 Å². The molecule has 2 aromatic rings. The molecule has 2 saturated heterocycles. The standard InChI is InChI=1S/C31H42N8O/c1-23-5-6-26(33-30(40)22-37-12-3-4-13-37)19-29(23)39-14-11-28-24(21-39)20-32-31(35-28)34-25-7-9-27(10-8-25)38-17-15-36(2)16-18-38/h5-10,19-20,31,34-35H,3-4,11-18,21-22H2,1-2H3,(H,33,40). The molecule has 0 aliphatic carbocycles. The zero-order chi connectivity index (χ0) is 27.5. The van der Waals surface area contributed by atoms with Crippen LogP contribution in [0.3, 0.4) is 0 Å². The third-order valence-corrected chi connectivity index (χ3v) is 8.51. The zero-order valence-electron chi connectivity index (χ0n) is 23.8. The number of likely N-dealkylation sites (N-methyl/N-ethyl adjacent to an activating group) is 1. The fraction of sp³-hybridized carbons (Fsp3) is 0.484. The third kappa shape index (κ3) is 6.26.